The molecule has 1 aliphatic rings. The van der Waals surface area contributed by atoms with Gasteiger partial charge in [-0.3, -0.25) is 0 Å². The minimum atomic E-state index is -5.27. The largest absolute Gasteiger partial charge is 0.508 e. The fraction of sp³-hybridized carbons (Fsp3) is 0.250. The van der Waals surface area contributed by atoms with Crippen LogP contribution in [-0.4, -0.2) is 58.7 Å². The number of fused-ring (bicyclic) bond motifs is 1. The van der Waals surface area contributed by atoms with Gasteiger partial charge in [-0.25, -0.2) is 4.79 Å². The van der Waals surface area contributed by atoms with Crippen LogP contribution < -0.4 is 15.0 Å². The van der Waals surface area contributed by atoms with Crippen molar-refractivity contribution in [3.63, 3.8) is 0 Å². The van der Waals surface area contributed by atoms with Gasteiger partial charge in [0.1, 0.15) is 5.75 Å². The quantitative estimate of drug-likeness (QED) is 0.427. The van der Waals surface area contributed by atoms with E-state index < -0.39 is 23.6 Å². The molecule has 0 radical (unpaired) electrons. The predicted molar refractivity (Wildman–Crippen MR) is 105 cm³/mol. The minimum Gasteiger partial charge on any atom is -0.508 e. The molecular weight excluding hydrogens is 417 g/mol. The van der Waals surface area contributed by atoms with E-state index in [9.17, 15) is 28.2 Å². The summed E-state index contributed by atoms with van der Waals surface area (Å²) in [7, 11) is 0. The Balaban J connectivity index is 1.78. The van der Waals surface area contributed by atoms with Gasteiger partial charge in [-0.1, -0.05) is 6.07 Å². The first-order valence-corrected chi connectivity index (χ1v) is 9.31. The average Bonchev–Trinajstić information content (AvgIpc) is 2.75. The molecule has 162 valence electrons. The van der Waals surface area contributed by atoms with Crippen molar-refractivity contribution in [2.24, 2.45) is 0 Å². The maximum atomic E-state index is 12.8. The number of phenolic OH excluding ortho intramolecular Hbond substituents is 2. The molecule has 0 aliphatic carbocycles. The van der Waals surface area contributed by atoms with Gasteiger partial charge < -0.3 is 25.2 Å². The zero-order valence-electron chi connectivity index (χ0n) is 16.0. The summed E-state index contributed by atoms with van der Waals surface area (Å²) in [5.74, 6) is -3.59. The Morgan fingerprint density at radius 3 is 2.45 bits per heavy atom. The molecule has 4 rings (SSSR count). The molecule has 31 heavy (non-hydrogen) atoms. The standard InChI is InChI=1S/C20H17F3N4O4/c21-20(22,23)19(30)31-18-13-10-12(28)2-1-11(13)9-14(17(18)29)15-3-4-16(26-25-15)27-7-5-24-6-8-27/h1-4,9-10,24,28-29H,5-8H2. The highest BCUT2D eigenvalue weighted by molar-refractivity contribution is 5.98. The summed E-state index contributed by atoms with van der Waals surface area (Å²) in [5, 5.41) is 32.1. The lowest BCUT2D eigenvalue weighted by molar-refractivity contribution is -0.189. The Bertz CT molecular complexity index is 1130. The molecule has 2 heterocycles. The van der Waals surface area contributed by atoms with Gasteiger partial charge in [0, 0.05) is 37.1 Å². The van der Waals surface area contributed by atoms with Gasteiger partial charge in [-0.05, 0) is 35.7 Å². The van der Waals surface area contributed by atoms with Crippen LogP contribution in [0.1, 0.15) is 0 Å². The number of aromatic hydroxyl groups is 2. The lowest BCUT2D eigenvalue weighted by Crippen LogP contribution is -2.43. The van der Waals surface area contributed by atoms with E-state index in [0.717, 1.165) is 32.2 Å². The number of ether oxygens (including phenoxy) is 1. The molecule has 1 saturated heterocycles. The summed E-state index contributed by atoms with van der Waals surface area (Å²) in [6.45, 7) is 3.10. The van der Waals surface area contributed by atoms with Crippen LogP contribution in [0, 0.1) is 0 Å². The molecule has 0 saturated carbocycles. The number of nitrogens with zero attached hydrogens (tertiary/aromatic N) is 3. The van der Waals surface area contributed by atoms with Crippen molar-refractivity contribution in [2.45, 2.75) is 6.18 Å². The van der Waals surface area contributed by atoms with Crippen LogP contribution in [0.5, 0.6) is 17.2 Å². The number of carbonyl (C=O) groups is 1. The van der Waals surface area contributed by atoms with Crippen LogP contribution in [0.15, 0.2) is 36.4 Å². The number of aromatic nitrogens is 2. The molecule has 8 nitrogen and oxygen atoms in total. The molecular formula is C20H17F3N4O4. The van der Waals surface area contributed by atoms with Gasteiger partial charge in [0.05, 0.1) is 5.69 Å². The number of hydrogen-bond acceptors (Lipinski definition) is 8. The Kier molecular flexibility index (Phi) is 5.27. The number of anilines is 1. The zero-order valence-corrected chi connectivity index (χ0v) is 16.0. The van der Waals surface area contributed by atoms with Crippen molar-refractivity contribution >= 4 is 22.6 Å². The van der Waals surface area contributed by atoms with E-state index in [0.29, 0.717) is 11.2 Å². The van der Waals surface area contributed by atoms with Crippen LogP contribution >= 0.6 is 0 Å². The zero-order chi connectivity index (χ0) is 22.2. The number of rotatable bonds is 3. The number of phenols is 2. The third-order valence-electron chi connectivity index (χ3n) is 4.85. The van der Waals surface area contributed by atoms with Gasteiger partial charge >= 0.3 is 12.1 Å². The van der Waals surface area contributed by atoms with Crippen molar-refractivity contribution < 1.29 is 32.9 Å². The highest BCUT2D eigenvalue weighted by Gasteiger charge is 2.42. The summed E-state index contributed by atoms with van der Waals surface area (Å²) in [6.07, 6.45) is -5.27. The van der Waals surface area contributed by atoms with Gasteiger partial charge in [0.25, 0.3) is 0 Å². The van der Waals surface area contributed by atoms with Gasteiger partial charge in [-0.15, -0.1) is 10.2 Å². The Morgan fingerprint density at radius 1 is 1.06 bits per heavy atom. The number of piperazine rings is 1. The average molecular weight is 434 g/mol. The normalized spacial score (nSPS) is 14.6. The van der Waals surface area contributed by atoms with Crippen molar-refractivity contribution in [2.75, 3.05) is 31.1 Å². The van der Waals surface area contributed by atoms with Crippen LogP contribution in [0.2, 0.25) is 0 Å². The predicted octanol–water partition coefficient (Wildman–Crippen LogP) is 2.59. The van der Waals surface area contributed by atoms with Crippen molar-refractivity contribution in [1.82, 2.24) is 15.5 Å². The highest BCUT2D eigenvalue weighted by Crippen LogP contribution is 2.44. The number of nitrogens with one attached hydrogen (secondary N) is 1. The van der Waals surface area contributed by atoms with Gasteiger partial charge in [0.15, 0.2) is 17.3 Å². The van der Waals surface area contributed by atoms with E-state index in [1.807, 2.05) is 4.90 Å². The van der Waals surface area contributed by atoms with Gasteiger partial charge in [0.2, 0.25) is 0 Å². The Morgan fingerprint density at radius 2 is 1.81 bits per heavy atom. The minimum absolute atomic E-state index is 0.0301. The first kappa shape index (κ1) is 20.7. The topological polar surface area (TPSA) is 108 Å². The first-order valence-electron chi connectivity index (χ1n) is 9.31. The van der Waals surface area contributed by atoms with Gasteiger partial charge in [-0.2, -0.15) is 13.2 Å². The number of alkyl halides is 3. The number of hydrogen-bond donors (Lipinski definition) is 3. The van der Waals surface area contributed by atoms with Crippen LogP contribution in [-0.2, 0) is 4.79 Å². The third kappa shape index (κ3) is 4.17. The number of carbonyl (C=O) groups excluding carboxylic acids is 1. The summed E-state index contributed by atoms with van der Waals surface area (Å²) in [4.78, 5) is 13.4. The van der Waals surface area contributed by atoms with Crippen molar-refractivity contribution in [1.29, 1.82) is 0 Å². The molecule has 2 aromatic carbocycles. The molecule has 1 aromatic heterocycles. The first-order chi connectivity index (χ1) is 14.7. The summed E-state index contributed by atoms with van der Waals surface area (Å²) in [6, 6.07) is 8.55. The van der Waals surface area contributed by atoms with E-state index >= 15 is 0 Å². The number of esters is 1. The summed E-state index contributed by atoms with van der Waals surface area (Å²) >= 11 is 0. The maximum absolute atomic E-state index is 12.8. The molecule has 11 heteroatoms. The third-order valence-corrected chi connectivity index (χ3v) is 4.85. The summed E-state index contributed by atoms with van der Waals surface area (Å²) < 4.78 is 42.7. The Labute approximate surface area is 173 Å². The van der Waals surface area contributed by atoms with E-state index in [-0.39, 0.29) is 22.4 Å². The van der Waals surface area contributed by atoms with Crippen LogP contribution in [0.25, 0.3) is 22.0 Å². The second kappa shape index (κ2) is 7.91. The molecule has 3 N–H and O–H groups in total. The molecule has 0 atom stereocenters. The van der Waals surface area contributed by atoms with Crippen LogP contribution in [0.4, 0.5) is 19.0 Å². The van der Waals surface area contributed by atoms with E-state index in [1.54, 1.807) is 12.1 Å². The smallest absolute Gasteiger partial charge is 0.491 e. The maximum Gasteiger partial charge on any atom is 0.491 e. The SMILES string of the molecule is O=C(Oc1c(O)c(-c2ccc(N3CCNCC3)nn2)cc2ccc(O)cc12)C(F)(F)F. The highest BCUT2D eigenvalue weighted by atomic mass is 19.4. The molecule has 1 aliphatic heterocycles. The Hall–Kier alpha value is -3.60. The van der Waals surface area contributed by atoms with Crippen molar-refractivity contribution in [3.05, 3.63) is 36.4 Å². The fourth-order valence-corrected chi connectivity index (χ4v) is 3.32. The molecule has 3 aromatic rings. The van der Waals surface area contributed by atoms with E-state index in [1.165, 1.54) is 18.2 Å². The summed E-state index contributed by atoms with van der Waals surface area (Å²) in [5.41, 5.74) is 0.207. The molecule has 0 unspecified atom stereocenters. The molecule has 1 fully saturated rings. The van der Waals surface area contributed by atoms with E-state index in [2.05, 4.69) is 20.3 Å². The van der Waals surface area contributed by atoms with Crippen molar-refractivity contribution in [3.8, 4) is 28.5 Å². The lowest BCUT2D eigenvalue weighted by atomic mass is 10.0. The number of halogens is 3. The molecule has 0 spiro atoms. The second-order valence-electron chi connectivity index (χ2n) is 6.91. The monoisotopic (exact) mass is 434 g/mol. The molecule has 0 amide bonds. The number of benzene rings is 2. The van der Waals surface area contributed by atoms with Crippen LogP contribution in [0.3, 0.4) is 0 Å². The molecule has 0 bridgehead atoms. The van der Waals surface area contributed by atoms with E-state index in [4.69, 9.17) is 0 Å². The second-order valence-corrected chi connectivity index (χ2v) is 6.91. The fourth-order valence-electron chi connectivity index (χ4n) is 3.32. The lowest BCUT2D eigenvalue weighted by Gasteiger charge is -2.27.